The van der Waals surface area contributed by atoms with Gasteiger partial charge in [0.1, 0.15) is 18.8 Å². The average molecular weight is 876 g/mol. The van der Waals surface area contributed by atoms with Gasteiger partial charge in [0.25, 0.3) is 0 Å². The molecule has 2 unspecified atom stereocenters. The standard InChI is InChI=1S/C45H89O12P.Na/c1-3-5-7-9-11-13-15-17-19-21-23-25-27-29-31-33-44(50)53-39-43(40-56-58(52,54-37-41(48)35-46)55-38-42(49)36-47)57-45(51)34-32-30-28-26-24-22-20-18-16-14-12-10-8-6-4-2;/h41-43,46-49H,3-40H2,1-2H3;/q;+1/t41?,42?,43-,58?;/m1./s1. The third-order valence-electron chi connectivity index (χ3n) is 10.4. The molecule has 0 aliphatic rings. The molecule has 12 nitrogen and oxygen atoms in total. The largest absolute Gasteiger partial charge is 1.00 e. The number of phosphoric acid groups is 1. The zero-order valence-electron chi connectivity index (χ0n) is 38.1. The van der Waals surface area contributed by atoms with Gasteiger partial charge in [0.2, 0.25) is 0 Å². The number of ether oxygens (including phenoxy) is 2. The first-order valence-electron chi connectivity index (χ1n) is 23.7. The molecule has 0 aliphatic heterocycles. The van der Waals surface area contributed by atoms with E-state index in [0.717, 1.165) is 38.5 Å². The second-order valence-electron chi connectivity index (χ2n) is 16.2. The van der Waals surface area contributed by atoms with Crippen LogP contribution in [0.3, 0.4) is 0 Å². The fraction of sp³-hybridized carbons (Fsp3) is 0.956. The maximum Gasteiger partial charge on any atom is 1.00 e. The summed E-state index contributed by atoms with van der Waals surface area (Å²) >= 11 is 0. The molecule has 59 heavy (non-hydrogen) atoms. The van der Waals surface area contributed by atoms with Gasteiger partial charge in [-0.25, -0.2) is 4.57 Å². The summed E-state index contributed by atoms with van der Waals surface area (Å²) < 4.78 is 39.9. The van der Waals surface area contributed by atoms with Gasteiger partial charge in [0.15, 0.2) is 6.10 Å². The van der Waals surface area contributed by atoms with Crippen LogP contribution in [0.15, 0.2) is 0 Å². The second-order valence-corrected chi connectivity index (χ2v) is 17.9. The van der Waals surface area contributed by atoms with E-state index in [9.17, 15) is 24.4 Å². The van der Waals surface area contributed by atoms with E-state index in [1.165, 1.54) is 141 Å². The third kappa shape index (κ3) is 42.9. The molecule has 0 bridgehead atoms. The number of esters is 2. The minimum absolute atomic E-state index is 0. The summed E-state index contributed by atoms with van der Waals surface area (Å²) in [4.78, 5) is 25.4. The first-order chi connectivity index (χ1) is 28.2. The van der Waals surface area contributed by atoms with Gasteiger partial charge in [0.05, 0.1) is 33.0 Å². The molecule has 0 saturated carbocycles. The zero-order chi connectivity index (χ0) is 42.8. The van der Waals surface area contributed by atoms with Gasteiger partial charge in [-0.15, -0.1) is 0 Å². The summed E-state index contributed by atoms with van der Waals surface area (Å²) in [6, 6.07) is 0. The van der Waals surface area contributed by atoms with Crippen LogP contribution >= 0.6 is 7.82 Å². The van der Waals surface area contributed by atoms with E-state index in [4.69, 9.17) is 33.3 Å². The molecule has 0 radical (unpaired) electrons. The van der Waals surface area contributed by atoms with E-state index in [2.05, 4.69) is 13.8 Å². The summed E-state index contributed by atoms with van der Waals surface area (Å²) in [5.41, 5.74) is 0. The molecule has 0 saturated heterocycles. The molecule has 4 N–H and O–H groups in total. The number of carbonyl (C=O) groups excluding carboxylic acids is 2. The normalized spacial score (nSPS) is 14.0. The van der Waals surface area contributed by atoms with Crippen molar-refractivity contribution in [1.82, 2.24) is 0 Å². The second kappa shape index (κ2) is 45.9. The number of rotatable bonds is 46. The predicted molar refractivity (Wildman–Crippen MR) is 232 cm³/mol. The van der Waals surface area contributed by atoms with Crippen molar-refractivity contribution >= 4 is 19.8 Å². The van der Waals surface area contributed by atoms with Gasteiger partial charge in [-0.2, -0.15) is 0 Å². The molecule has 0 fully saturated rings. The zero-order valence-corrected chi connectivity index (χ0v) is 41.0. The van der Waals surface area contributed by atoms with Crippen LogP contribution in [0.25, 0.3) is 0 Å². The van der Waals surface area contributed by atoms with Gasteiger partial charge in [-0.05, 0) is 12.8 Å². The van der Waals surface area contributed by atoms with Crippen molar-refractivity contribution in [1.29, 1.82) is 0 Å². The number of unbranched alkanes of at least 4 members (excludes halogenated alkanes) is 28. The number of aliphatic hydroxyl groups excluding tert-OH is 4. The van der Waals surface area contributed by atoms with Gasteiger partial charge < -0.3 is 29.9 Å². The first kappa shape index (κ1) is 61.0. The molecular weight excluding hydrogens is 786 g/mol. The molecule has 0 aliphatic carbocycles. The Morgan fingerprint density at radius 3 is 1.05 bits per heavy atom. The Hall–Kier alpha value is -0.110. The number of hydrogen-bond donors (Lipinski definition) is 4. The number of carbonyl (C=O) groups is 2. The first-order valence-corrected chi connectivity index (χ1v) is 25.1. The molecule has 0 rings (SSSR count). The molecule has 346 valence electrons. The molecule has 0 aromatic carbocycles. The number of phosphoric ester groups is 1. The fourth-order valence-electron chi connectivity index (χ4n) is 6.65. The van der Waals surface area contributed by atoms with Crippen molar-refractivity contribution in [2.45, 2.75) is 238 Å². The Balaban J connectivity index is 0. The van der Waals surface area contributed by atoms with Crippen LogP contribution in [0.5, 0.6) is 0 Å². The van der Waals surface area contributed by atoms with Crippen molar-refractivity contribution in [3.63, 3.8) is 0 Å². The maximum atomic E-state index is 13.3. The van der Waals surface area contributed by atoms with Crippen molar-refractivity contribution in [3.05, 3.63) is 0 Å². The van der Waals surface area contributed by atoms with Crippen LogP contribution in [0.4, 0.5) is 0 Å². The Labute approximate surface area is 382 Å². The maximum absolute atomic E-state index is 13.3. The Bertz CT molecular complexity index is 944. The van der Waals surface area contributed by atoms with Gasteiger partial charge in [0, 0.05) is 12.8 Å². The van der Waals surface area contributed by atoms with Crippen LogP contribution in [-0.2, 0) is 37.2 Å². The SMILES string of the molecule is CCCCCCCCCCCCCCCCCC(=O)OC[C@H](COP(=O)(OCC(O)CO)OCC(O)CO)OC(=O)CCCCCCCCCCCCCCCCC.[Na+]. The molecule has 0 heterocycles. The van der Waals surface area contributed by atoms with Crippen molar-refractivity contribution in [3.8, 4) is 0 Å². The van der Waals surface area contributed by atoms with Gasteiger partial charge in [-0.3, -0.25) is 23.2 Å². The summed E-state index contributed by atoms with van der Waals surface area (Å²) in [5, 5.41) is 37.7. The molecule has 0 spiro atoms. The molecule has 0 aromatic heterocycles. The van der Waals surface area contributed by atoms with Crippen LogP contribution in [-0.4, -0.2) is 90.3 Å². The minimum Gasteiger partial charge on any atom is -0.462 e. The van der Waals surface area contributed by atoms with Crippen molar-refractivity contribution in [2.24, 2.45) is 0 Å². The third-order valence-corrected chi connectivity index (χ3v) is 11.8. The van der Waals surface area contributed by atoms with E-state index < -0.39 is 71.1 Å². The molecule has 3 atom stereocenters. The van der Waals surface area contributed by atoms with Crippen LogP contribution in [0.2, 0.25) is 0 Å². The Kier molecular flexibility index (Phi) is 47.4. The average Bonchev–Trinajstić information content (AvgIpc) is 3.22. The van der Waals surface area contributed by atoms with Crippen molar-refractivity contribution < 1.29 is 87.2 Å². The Morgan fingerprint density at radius 1 is 0.441 bits per heavy atom. The van der Waals surface area contributed by atoms with E-state index in [1.54, 1.807) is 0 Å². The number of aliphatic hydroxyl groups is 4. The molecular formula is C45H89NaO12P+. The van der Waals surface area contributed by atoms with Gasteiger partial charge >= 0.3 is 49.3 Å². The summed E-state index contributed by atoms with van der Waals surface area (Å²) in [7, 11) is -4.47. The summed E-state index contributed by atoms with van der Waals surface area (Å²) in [5.74, 6) is -0.948. The molecule has 0 aromatic rings. The minimum atomic E-state index is -4.47. The van der Waals surface area contributed by atoms with Crippen LogP contribution < -0.4 is 29.6 Å². The van der Waals surface area contributed by atoms with Gasteiger partial charge in [-0.1, -0.05) is 194 Å². The monoisotopic (exact) mass is 876 g/mol. The molecule has 0 amide bonds. The number of hydrogen-bond acceptors (Lipinski definition) is 12. The fourth-order valence-corrected chi connectivity index (χ4v) is 7.93. The van der Waals surface area contributed by atoms with Crippen LogP contribution in [0, 0.1) is 0 Å². The summed E-state index contributed by atoms with van der Waals surface area (Å²) in [6.07, 6.45) is 33.0. The predicted octanol–water partition coefficient (Wildman–Crippen LogP) is 7.83. The molecule has 14 heteroatoms. The van der Waals surface area contributed by atoms with E-state index in [0.29, 0.717) is 12.8 Å². The van der Waals surface area contributed by atoms with Crippen molar-refractivity contribution in [2.75, 3.05) is 39.6 Å². The van der Waals surface area contributed by atoms with E-state index >= 15 is 0 Å². The topological polar surface area (TPSA) is 178 Å². The van der Waals surface area contributed by atoms with E-state index in [-0.39, 0.29) is 49.0 Å². The Morgan fingerprint density at radius 2 is 0.729 bits per heavy atom. The summed E-state index contributed by atoms with van der Waals surface area (Å²) in [6.45, 7) is 1.07. The van der Waals surface area contributed by atoms with E-state index in [1.807, 2.05) is 0 Å². The quantitative estimate of drug-likeness (QED) is 0.0202. The smallest absolute Gasteiger partial charge is 0.462 e. The van der Waals surface area contributed by atoms with Crippen LogP contribution in [0.1, 0.15) is 219 Å².